The molecule has 0 aromatic carbocycles. The summed E-state index contributed by atoms with van der Waals surface area (Å²) in [5.74, 6) is 0.450. The molecule has 0 aromatic rings. The Hall–Kier alpha value is -1.06. The number of hydrogen-bond acceptors (Lipinski definition) is 3. The molecule has 0 radical (unpaired) electrons. The molecular weight excluding hydrogens is 118 g/mol. The first-order chi connectivity index (χ1) is 4.20. The van der Waals surface area contributed by atoms with Gasteiger partial charge in [0, 0.05) is 0 Å². The summed E-state index contributed by atoms with van der Waals surface area (Å²) in [7, 11) is 0. The molecule has 0 bridgehead atoms. The molecule has 0 fully saturated rings. The third-order valence-electron chi connectivity index (χ3n) is 1.18. The summed E-state index contributed by atoms with van der Waals surface area (Å²) < 4.78 is 0. The number of rotatable bonds is 0. The molecule has 0 aromatic heterocycles. The van der Waals surface area contributed by atoms with Gasteiger partial charge in [-0.25, -0.2) is 0 Å². The molecule has 9 heavy (non-hydrogen) atoms. The van der Waals surface area contributed by atoms with E-state index in [1.165, 1.54) is 0 Å². The van der Waals surface area contributed by atoms with Crippen LogP contribution in [0.2, 0.25) is 0 Å². The number of nitrogens with zero attached hydrogens (tertiary/aromatic N) is 1. The maximum Gasteiger partial charge on any atom is 0.244 e. The minimum Gasteiger partial charge on any atom is -0.386 e. The van der Waals surface area contributed by atoms with Gasteiger partial charge in [-0.1, -0.05) is 0 Å². The van der Waals surface area contributed by atoms with Crippen molar-refractivity contribution < 1.29 is 4.79 Å². The van der Waals surface area contributed by atoms with Crippen molar-refractivity contribution in [2.75, 3.05) is 6.54 Å². The SMILES string of the molecule is C[C@@H]1N=C(N)CNC1=O. The topological polar surface area (TPSA) is 67.5 Å². The second-order valence-corrected chi connectivity index (χ2v) is 2.01. The third-order valence-corrected chi connectivity index (χ3v) is 1.18. The lowest BCUT2D eigenvalue weighted by molar-refractivity contribution is -0.121. The summed E-state index contributed by atoms with van der Waals surface area (Å²) in [6, 6.07) is -0.307. The van der Waals surface area contributed by atoms with Crippen molar-refractivity contribution >= 4 is 11.7 Å². The first-order valence-corrected chi connectivity index (χ1v) is 2.80. The zero-order valence-electron chi connectivity index (χ0n) is 5.22. The molecule has 0 spiro atoms. The second-order valence-electron chi connectivity index (χ2n) is 2.01. The summed E-state index contributed by atoms with van der Waals surface area (Å²) >= 11 is 0. The second kappa shape index (κ2) is 2.05. The molecule has 1 amide bonds. The number of carbonyl (C=O) groups is 1. The van der Waals surface area contributed by atoms with E-state index in [4.69, 9.17) is 5.73 Å². The number of amides is 1. The zero-order chi connectivity index (χ0) is 6.85. The van der Waals surface area contributed by atoms with Gasteiger partial charge in [-0.3, -0.25) is 9.79 Å². The Morgan fingerprint density at radius 2 is 2.56 bits per heavy atom. The summed E-state index contributed by atoms with van der Waals surface area (Å²) in [5.41, 5.74) is 5.32. The van der Waals surface area contributed by atoms with Crippen LogP contribution >= 0.6 is 0 Å². The van der Waals surface area contributed by atoms with E-state index in [1.807, 2.05) is 0 Å². The third kappa shape index (κ3) is 1.19. The molecule has 1 aliphatic rings. The van der Waals surface area contributed by atoms with E-state index >= 15 is 0 Å². The van der Waals surface area contributed by atoms with Gasteiger partial charge in [0.2, 0.25) is 5.91 Å². The van der Waals surface area contributed by atoms with E-state index in [1.54, 1.807) is 6.92 Å². The molecule has 1 atom stereocenters. The van der Waals surface area contributed by atoms with Crippen molar-refractivity contribution in [3.05, 3.63) is 0 Å². The summed E-state index contributed by atoms with van der Waals surface area (Å²) in [5, 5.41) is 2.59. The van der Waals surface area contributed by atoms with Crippen LogP contribution in [-0.4, -0.2) is 24.3 Å². The lowest BCUT2D eigenvalue weighted by atomic mass is 10.3. The van der Waals surface area contributed by atoms with Crippen molar-refractivity contribution in [3.8, 4) is 0 Å². The van der Waals surface area contributed by atoms with Crippen LogP contribution < -0.4 is 11.1 Å². The Morgan fingerprint density at radius 3 is 3.00 bits per heavy atom. The monoisotopic (exact) mass is 127 g/mol. The van der Waals surface area contributed by atoms with Crippen LogP contribution in [0.15, 0.2) is 4.99 Å². The quantitative estimate of drug-likeness (QED) is 0.432. The first kappa shape index (κ1) is 6.07. The molecule has 0 saturated heterocycles. The molecule has 4 nitrogen and oxygen atoms in total. The standard InChI is InChI=1S/C5H9N3O/c1-3-5(9)7-2-4(6)8-3/h3H,2H2,1H3,(H2,6,8)(H,7,9)/t3-/m0/s1. The van der Waals surface area contributed by atoms with Crippen LogP contribution in [-0.2, 0) is 4.79 Å². The van der Waals surface area contributed by atoms with Crippen LogP contribution in [0.25, 0.3) is 0 Å². The summed E-state index contributed by atoms with van der Waals surface area (Å²) in [4.78, 5) is 14.5. The predicted molar refractivity (Wildman–Crippen MR) is 34.1 cm³/mol. The maximum absolute atomic E-state index is 10.7. The largest absolute Gasteiger partial charge is 0.386 e. The van der Waals surface area contributed by atoms with E-state index in [-0.39, 0.29) is 11.9 Å². The average molecular weight is 127 g/mol. The smallest absolute Gasteiger partial charge is 0.244 e. The van der Waals surface area contributed by atoms with Gasteiger partial charge in [-0.05, 0) is 6.92 Å². The van der Waals surface area contributed by atoms with Crippen molar-refractivity contribution in [3.63, 3.8) is 0 Å². The Labute approximate surface area is 53.1 Å². The highest BCUT2D eigenvalue weighted by Gasteiger charge is 2.15. The molecule has 3 N–H and O–H groups in total. The Bertz CT molecular complexity index is 164. The number of nitrogens with one attached hydrogen (secondary N) is 1. The van der Waals surface area contributed by atoms with Gasteiger partial charge in [0.05, 0.1) is 6.54 Å². The van der Waals surface area contributed by atoms with Crippen LogP contribution in [0.1, 0.15) is 6.92 Å². The fourth-order valence-corrected chi connectivity index (χ4v) is 0.678. The fourth-order valence-electron chi connectivity index (χ4n) is 0.678. The zero-order valence-corrected chi connectivity index (χ0v) is 5.22. The normalized spacial score (nSPS) is 27.0. The fraction of sp³-hybridized carbons (Fsp3) is 0.600. The highest BCUT2D eigenvalue weighted by Crippen LogP contribution is 1.92. The van der Waals surface area contributed by atoms with Crippen molar-refractivity contribution in [2.24, 2.45) is 10.7 Å². The summed E-state index contributed by atoms with van der Waals surface area (Å²) in [6.45, 7) is 2.10. The first-order valence-electron chi connectivity index (χ1n) is 2.80. The molecule has 4 heteroatoms. The lowest BCUT2D eigenvalue weighted by Gasteiger charge is -2.14. The minimum absolute atomic E-state index is 0.0517. The highest BCUT2D eigenvalue weighted by molar-refractivity contribution is 5.94. The minimum atomic E-state index is -0.307. The van der Waals surface area contributed by atoms with Crippen LogP contribution in [0.3, 0.4) is 0 Å². The molecule has 0 saturated carbocycles. The van der Waals surface area contributed by atoms with E-state index in [2.05, 4.69) is 10.3 Å². The molecule has 1 heterocycles. The number of carbonyl (C=O) groups excluding carboxylic acids is 1. The number of amidine groups is 1. The predicted octanol–water partition coefficient (Wildman–Crippen LogP) is -1.14. The highest BCUT2D eigenvalue weighted by atomic mass is 16.2. The molecule has 50 valence electrons. The van der Waals surface area contributed by atoms with Crippen LogP contribution in [0.5, 0.6) is 0 Å². The van der Waals surface area contributed by atoms with Gasteiger partial charge < -0.3 is 11.1 Å². The number of hydrogen-bond donors (Lipinski definition) is 2. The maximum atomic E-state index is 10.7. The summed E-state index contributed by atoms with van der Waals surface area (Å²) in [6.07, 6.45) is 0. The van der Waals surface area contributed by atoms with Crippen molar-refractivity contribution in [1.29, 1.82) is 0 Å². The van der Waals surface area contributed by atoms with Crippen molar-refractivity contribution in [1.82, 2.24) is 5.32 Å². The molecule has 0 unspecified atom stereocenters. The van der Waals surface area contributed by atoms with Gasteiger partial charge in [0.1, 0.15) is 11.9 Å². The van der Waals surface area contributed by atoms with E-state index in [0.717, 1.165) is 0 Å². The van der Waals surface area contributed by atoms with Gasteiger partial charge in [-0.15, -0.1) is 0 Å². The van der Waals surface area contributed by atoms with E-state index in [9.17, 15) is 4.79 Å². The van der Waals surface area contributed by atoms with Gasteiger partial charge in [-0.2, -0.15) is 0 Å². The number of nitrogens with two attached hydrogens (primary N) is 1. The average Bonchev–Trinajstić information content (AvgIpc) is 1.80. The Balaban J connectivity index is 2.69. The van der Waals surface area contributed by atoms with E-state index in [0.29, 0.717) is 12.4 Å². The van der Waals surface area contributed by atoms with Crippen LogP contribution in [0.4, 0.5) is 0 Å². The van der Waals surface area contributed by atoms with Gasteiger partial charge in [0.25, 0.3) is 0 Å². The molecular formula is C5H9N3O. The molecule has 1 aliphatic heterocycles. The van der Waals surface area contributed by atoms with Gasteiger partial charge in [0.15, 0.2) is 0 Å². The van der Waals surface area contributed by atoms with Gasteiger partial charge >= 0.3 is 0 Å². The van der Waals surface area contributed by atoms with Crippen LogP contribution in [0, 0.1) is 0 Å². The van der Waals surface area contributed by atoms with E-state index < -0.39 is 0 Å². The molecule has 0 aliphatic carbocycles. The Kier molecular flexibility index (Phi) is 1.38. The van der Waals surface area contributed by atoms with Crippen molar-refractivity contribution in [2.45, 2.75) is 13.0 Å². The molecule has 1 rings (SSSR count). The Morgan fingerprint density at radius 1 is 1.89 bits per heavy atom. The lowest BCUT2D eigenvalue weighted by Crippen LogP contribution is -2.43. The number of aliphatic imine (C=N–C) groups is 1.